The minimum absolute atomic E-state index is 0.100. The molecule has 2 aromatic heterocycles. The molecule has 2 aromatic carbocycles. The number of imidazole rings is 1. The maximum absolute atomic E-state index is 13.4. The molecule has 1 saturated heterocycles. The molecule has 0 aliphatic carbocycles. The van der Waals surface area contributed by atoms with Crippen LogP contribution in [0.5, 0.6) is 0 Å². The van der Waals surface area contributed by atoms with E-state index in [1.54, 1.807) is 26.5 Å². The Morgan fingerprint density at radius 2 is 1.80 bits per heavy atom. The highest BCUT2D eigenvalue weighted by atomic mass is 16.5. The van der Waals surface area contributed by atoms with Crippen molar-refractivity contribution in [2.75, 3.05) is 47.1 Å². The van der Waals surface area contributed by atoms with Crippen molar-refractivity contribution in [1.82, 2.24) is 24.8 Å². The van der Waals surface area contributed by atoms with Crippen molar-refractivity contribution in [1.29, 1.82) is 0 Å². The van der Waals surface area contributed by atoms with Crippen molar-refractivity contribution >= 4 is 22.8 Å². The molecular formula is C35H44N6O4. The molecular weight excluding hydrogens is 568 g/mol. The molecule has 0 radical (unpaired) electrons. The fraction of sp³-hybridized carbons (Fsp3) is 0.429. The van der Waals surface area contributed by atoms with E-state index in [4.69, 9.17) is 20.2 Å². The van der Waals surface area contributed by atoms with E-state index in [0.29, 0.717) is 44.8 Å². The molecule has 3 heterocycles. The second-order valence-electron chi connectivity index (χ2n) is 11.7. The minimum Gasteiger partial charge on any atom is -0.385 e. The summed E-state index contributed by atoms with van der Waals surface area (Å²) in [5.41, 5.74) is 12.0. The first kappa shape index (κ1) is 32.3. The first-order valence-corrected chi connectivity index (χ1v) is 15.8. The lowest BCUT2D eigenvalue weighted by Crippen LogP contribution is -2.42. The van der Waals surface area contributed by atoms with Gasteiger partial charge < -0.3 is 30.0 Å². The molecule has 0 spiro atoms. The Morgan fingerprint density at radius 1 is 1.02 bits per heavy atom. The number of carbonyl (C=O) groups excluding carboxylic acids is 2. The quantitative estimate of drug-likeness (QED) is 0.205. The van der Waals surface area contributed by atoms with E-state index in [2.05, 4.69) is 33.1 Å². The number of nitrogens with one attached hydrogen (secondary N) is 1. The lowest BCUT2D eigenvalue weighted by molar-refractivity contribution is -0.132. The van der Waals surface area contributed by atoms with E-state index in [9.17, 15) is 9.59 Å². The molecule has 1 aliphatic heterocycles. The van der Waals surface area contributed by atoms with Crippen LogP contribution in [0.15, 0.2) is 66.9 Å². The van der Waals surface area contributed by atoms with Crippen LogP contribution in [-0.2, 0) is 27.2 Å². The highest BCUT2D eigenvalue weighted by Crippen LogP contribution is 2.30. The van der Waals surface area contributed by atoms with Crippen molar-refractivity contribution in [3.05, 3.63) is 83.9 Å². The van der Waals surface area contributed by atoms with Crippen LogP contribution in [0.25, 0.3) is 22.2 Å². The molecule has 10 heteroatoms. The number of piperidine rings is 1. The summed E-state index contributed by atoms with van der Waals surface area (Å²) in [5.74, 6) is 1.12. The number of nitrogens with zero attached hydrogens (tertiary/aromatic N) is 4. The molecule has 0 bridgehead atoms. The number of likely N-dealkylation sites (tertiary alicyclic amines) is 1. The fourth-order valence-electron chi connectivity index (χ4n) is 6.04. The lowest BCUT2D eigenvalue weighted by Gasteiger charge is -2.33. The normalized spacial score (nSPS) is 15.7. The summed E-state index contributed by atoms with van der Waals surface area (Å²) in [5, 5.41) is 2.77. The van der Waals surface area contributed by atoms with Gasteiger partial charge >= 0.3 is 0 Å². The van der Waals surface area contributed by atoms with Gasteiger partial charge in [-0.3, -0.25) is 14.6 Å². The predicted octanol–water partition coefficient (Wildman–Crippen LogP) is 4.18. The Bertz CT molecular complexity index is 1550. The largest absolute Gasteiger partial charge is 0.385 e. The van der Waals surface area contributed by atoms with Gasteiger partial charge in [0.1, 0.15) is 11.5 Å². The zero-order valence-electron chi connectivity index (χ0n) is 26.3. The van der Waals surface area contributed by atoms with E-state index >= 15 is 0 Å². The summed E-state index contributed by atoms with van der Waals surface area (Å²) in [7, 11) is 3.32. The van der Waals surface area contributed by atoms with Gasteiger partial charge in [0.2, 0.25) is 5.91 Å². The number of benzene rings is 2. The maximum Gasteiger partial charge on any atom is 0.269 e. The number of aromatic nitrogens is 3. The van der Waals surface area contributed by atoms with Gasteiger partial charge in [0.05, 0.1) is 17.6 Å². The Kier molecular flexibility index (Phi) is 11.3. The number of ether oxygens (including phenoxy) is 2. The van der Waals surface area contributed by atoms with Crippen molar-refractivity contribution in [3.63, 3.8) is 0 Å². The first-order valence-electron chi connectivity index (χ1n) is 15.8. The van der Waals surface area contributed by atoms with Crippen LogP contribution in [-0.4, -0.2) is 84.4 Å². The van der Waals surface area contributed by atoms with Crippen LogP contribution < -0.4 is 11.1 Å². The Hall–Kier alpha value is -4.12. The number of hydrogen-bond donors (Lipinski definition) is 2. The van der Waals surface area contributed by atoms with E-state index < -0.39 is 0 Å². The Labute approximate surface area is 264 Å². The van der Waals surface area contributed by atoms with E-state index in [1.165, 1.54) is 0 Å². The van der Waals surface area contributed by atoms with Crippen molar-refractivity contribution in [3.8, 4) is 11.1 Å². The summed E-state index contributed by atoms with van der Waals surface area (Å²) in [4.78, 5) is 36.9. The molecule has 2 atom stereocenters. The molecule has 2 unspecified atom stereocenters. The number of amides is 2. The highest BCUT2D eigenvalue weighted by Gasteiger charge is 2.29. The number of carbonyl (C=O) groups is 2. The van der Waals surface area contributed by atoms with Crippen molar-refractivity contribution in [2.24, 2.45) is 5.73 Å². The third kappa shape index (κ3) is 8.33. The first-order chi connectivity index (χ1) is 22.0. The number of nitrogens with two attached hydrogens (primary N) is 1. The molecule has 238 valence electrons. The Balaban J connectivity index is 1.16. The van der Waals surface area contributed by atoms with E-state index in [-0.39, 0.29) is 23.8 Å². The Morgan fingerprint density at radius 3 is 2.56 bits per heavy atom. The summed E-state index contributed by atoms with van der Waals surface area (Å²) in [6.45, 7) is 3.84. The third-order valence-electron chi connectivity index (χ3n) is 8.36. The average Bonchev–Trinajstić information content (AvgIpc) is 3.44. The van der Waals surface area contributed by atoms with E-state index in [0.717, 1.165) is 65.9 Å². The second kappa shape index (κ2) is 15.7. The number of hydrogen-bond acceptors (Lipinski definition) is 7. The molecule has 3 N–H and O–H groups in total. The predicted molar refractivity (Wildman–Crippen MR) is 175 cm³/mol. The topological polar surface area (TPSA) is 125 Å². The van der Waals surface area contributed by atoms with Gasteiger partial charge in [0, 0.05) is 77.1 Å². The highest BCUT2D eigenvalue weighted by molar-refractivity contribution is 5.92. The van der Waals surface area contributed by atoms with Crippen LogP contribution in [0, 0.1) is 0 Å². The van der Waals surface area contributed by atoms with Gasteiger partial charge in [-0.05, 0) is 55.0 Å². The molecule has 10 nitrogen and oxygen atoms in total. The summed E-state index contributed by atoms with van der Waals surface area (Å²) >= 11 is 0. The second-order valence-corrected chi connectivity index (χ2v) is 11.7. The number of pyridine rings is 1. The fourth-order valence-corrected chi connectivity index (χ4v) is 6.04. The summed E-state index contributed by atoms with van der Waals surface area (Å²) in [6.07, 6.45) is 5.48. The standard InChI is InChI=1S/C35H44N6O4/c1-44-19-6-18-41-32-9-4-3-8-30(32)39-34(41)28-7-5-17-40(24-28)33(42)22-29(36)21-25-10-12-26(13-11-25)27-14-15-31(38-23-27)35(43)37-16-20-45-2/h3-4,8-15,23,28-29H,5-7,16-22,24,36H2,1-2H3,(H,37,43). The van der Waals surface area contributed by atoms with Crippen LogP contribution in [0.1, 0.15) is 53.5 Å². The monoisotopic (exact) mass is 612 g/mol. The maximum atomic E-state index is 13.4. The van der Waals surface area contributed by atoms with Gasteiger partial charge in [-0.25, -0.2) is 4.98 Å². The van der Waals surface area contributed by atoms with Gasteiger partial charge in [0.25, 0.3) is 5.91 Å². The van der Waals surface area contributed by atoms with Gasteiger partial charge in [-0.2, -0.15) is 0 Å². The molecule has 45 heavy (non-hydrogen) atoms. The van der Waals surface area contributed by atoms with Crippen molar-refractivity contribution in [2.45, 2.75) is 50.6 Å². The van der Waals surface area contributed by atoms with Gasteiger partial charge in [0.15, 0.2) is 0 Å². The molecule has 5 rings (SSSR count). The minimum atomic E-state index is -0.278. The molecule has 0 saturated carbocycles. The van der Waals surface area contributed by atoms with Gasteiger partial charge in [-0.1, -0.05) is 42.5 Å². The van der Waals surface area contributed by atoms with Crippen LogP contribution >= 0.6 is 0 Å². The summed E-state index contributed by atoms with van der Waals surface area (Å²) in [6, 6.07) is 19.7. The smallest absolute Gasteiger partial charge is 0.269 e. The zero-order valence-corrected chi connectivity index (χ0v) is 26.3. The average molecular weight is 613 g/mol. The number of rotatable bonds is 14. The third-order valence-corrected chi connectivity index (χ3v) is 8.36. The summed E-state index contributed by atoms with van der Waals surface area (Å²) < 4.78 is 12.6. The number of fused-ring (bicyclic) bond motifs is 1. The SMILES string of the molecule is COCCCn1c(C2CCCN(C(=O)CC(N)Cc3ccc(-c4ccc(C(=O)NCCOC)nc4)cc3)C2)nc2ccccc21. The van der Waals surface area contributed by atoms with Gasteiger partial charge in [-0.15, -0.1) is 0 Å². The van der Waals surface area contributed by atoms with Crippen LogP contribution in [0.4, 0.5) is 0 Å². The molecule has 1 aliphatic rings. The number of aryl methyl sites for hydroxylation is 1. The molecule has 4 aromatic rings. The van der Waals surface area contributed by atoms with Crippen molar-refractivity contribution < 1.29 is 19.1 Å². The molecule has 2 amide bonds. The number of para-hydroxylation sites is 2. The zero-order chi connectivity index (χ0) is 31.6. The van der Waals surface area contributed by atoms with Crippen LogP contribution in [0.2, 0.25) is 0 Å². The molecule has 1 fully saturated rings. The number of methoxy groups -OCH3 is 2. The van der Waals surface area contributed by atoms with E-state index in [1.807, 2.05) is 41.3 Å². The lowest BCUT2D eigenvalue weighted by atomic mass is 9.95. The van der Waals surface area contributed by atoms with Crippen LogP contribution in [0.3, 0.4) is 0 Å².